The van der Waals surface area contributed by atoms with Crippen molar-refractivity contribution in [2.24, 2.45) is 0 Å². The molecule has 0 bridgehead atoms. The molecule has 0 atom stereocenters. The van der Waals surface area contributed by atoms with Crippen LogP contribution in [0.3, 0.4) is 0 Å². The summed E-state index contributed by atoms with van der Waals surface area (Å²) in [6.45, 7) is 0. The molecule has 0 spiro atoms. The maximum atomic E-state index is 13.0. The summed E-state index contributed by atoms with van der Waals surface area (Å²) < 4.78 is 25.7. The van der Waals surface area contributed by atoms with Crippen molar-refractivity contribution in [2.75, 3.05) is 5.75 Å². The summed E-state index contributed by atoms with van der Waals surface area (Å²) in [5.74, 6) is -1.74. The molecule has 5 heteroatoms. The smallest absolute Gasteiger partial charge is 0.173 e. The number of hydrogen-bond donors (Lipinski definition) is 0. The van der Waals surface area contributed by atoms with Crippen molar-refractivity contribution >= 4 is 29.1 Å². The Hall–Kier alpha value is -1.39. The van der Waals surface area contributed by atoms with E-state index >= 15 is 0 Å². The third-order valence-electron chi connectivity index (χ3n) is 2.43. The van der Waals surface area contributed by atoms with Crippen molar-refractivity contribution in [3.05, 3.63) is 64.7 Å². The van der Waals surface area contributed by atoms with Crippen LogP contribution in [0.1, 0.15) is 10.4 Å². The first-order chi connectivity index (χ1) is 9.06. The lowest BCUT2D eigenvalue weighted by atomic mass is 10.1. The molecule has 0 radical (unpaired) electrons. The van der Waals surface area contributed by atoms with Gasteiger partial charge in [0.15, 0.2) is 17.4 Å². The SMILES string of the molecule is O=C(CSc1ccc(F)c(F)c1)c1ccc(Cl)cc1. The Bertz CT molecular complexity index is 599. The summed E-state index contributed by atoms with van der Waals surface area (Å²) in [6.07, 6.45) is 0. The van der Waals surface area contributed by atoms with E-state index in [1.165, 1.54) is 6.07 Å². The number of hydrogen-bond acceptors (Lipinski definition) is 2. The first kappa shape index (κ1) is 14.0. The lowest BCUT2D eigenvalue weighted by molar-refractivity contribution is 0.102. The zero-order chi connectivity index (χ0) is 13.8. The molecule has 1 nitrogen and oxygen atoms in total. The molecule has 19 heavy (non-hydrogen) atoms. The summed E-state index contributed by atoms with van der Waals surface area (Å²) in [5, 5.41) is 0.560. The molecule has 0 aromatic heterocycles. The number of carbonyl (C=O) groups is 1. The van der Waals surface area contributed by atoms with Crippen molar-refractivity contribution in [1.82, 2.24) is 0 Å². The average Bonchev–Trinajstić information content (AvgIpc) is 2.40. The first-order valence-electron chi connectivity index (χ1n) is 5.43. The van der Waals surface area contributed by atoms with Gasteiger partial charge in [-0.25, -0.2) is 8.78 Å². The van der Waals surface area contributed by atoms with Crippen LogP contribution in [-0.2, 0) is 0 Å². The van der Waals surface area contributed by atoms with E-state index in [1.54, 1.807) is 24.3 Å². The molecule has 2 aromatic rings. The van der Waals surface area contributed by atoms with Crippen LogP contribution >= 0.6 is 23.4 Å². The fraction of sp³-hybridized carbons (Fsp3) is 0.0714. The molecule has 0 saturated heterocycles. The van der Waals surface area contributed by atoms with Gasteiger partial charge >= 0.3 is 0 Å². The highest BCUT2D eigenvalue weighted by Crippen LogP contribution is 2.21. The van der Waals surface area contributed by atoms with Gasteiger partial charge in [0, 0.05) is 15.5 Å². The largest absolute Gasteiger partial charge is 0.293 e. The molecule has 2 aromatic carbocycles. The quantitative estimate of drug-likeness (QED) is 0.606. The number of benzene rings is 2. The third kappa shape index (κ3) is 3.78. The molecule has 0 heterocycles. The number of Topliss-reactive ketones (excluding diaryl/α,β-unsaturated/α-hetero) is 1. The van der Waals surface area contributed by atoms with Gasteiger partial charge in [-0.15, -0.1) is 11.8 Å². The van der Waals surface area contributed by atoms with Gasteiger partial charge in [-0.1, -0.05) is 11.6 Å². The van der Waals surface area contributed by atoms with E-state index in [0.29, 0.717) is 15.5 Å². The Morgan fingerprint density at radius 1 is 1.05 bits per heavy atom. The molecule has 0 amide bonds. The molecular formula is C14H9ClF2OS. The summed E-state index contributed by atoms with van der Waals surface area (Å²) in [7, 11) is 0. The molecule has 0 aliphatic carbocycles. The minimum absolute atomic E-state index is 0.0913. The van der Waals surface area contributed by atoms with Gasteiger partial charge in [-0.2, -0.15) is 0 Å². The topological polar surface area (TPSA) is 17.1 Å². The zero-order valence-electron chi connectivity index (χ0n) is 9.70. The number of carbonyl (C=O) groups excluding carboxylic acids is 1. The molecule has 0 saturated carbocycles. The minimum atomic E-state index is -0.913. The fourth-order valence-electron chi connectivity index (χ4n) is 1.43. The van der Waals surface area contributed by atoms with Gasteiger partial charge in [-0.3, -0.25) is 4.79 Å². The van der Waals surface area contributed by atoms with E-state index < -0.39 is 11.6 Å². The van der Waals surface area contributed by atoms with Gasteiger partial charge in [0.2, 0.25) is 0 Å². The maximum Gasteiger partial charge on any atom is 0.173 e. The number of halogens is 3. The molecule has 0 N–H and O–H groups in total. The van der Waals surface area contributed by atoms with Crippen LogP contribution < -0.4 is 0 Å². The lowest BCUT2D eigenvalue weighted by Gasteiger charge is -2.02. The van der Waals surface area contributed by atoms with Gasteiger partial charge in [0.25, 0.3) is 0 Å². The van der Waals surface area contributed by atoms with Crippen molar-refractivity contribution < 1.29 is 13.6 Å². The van der Waals surface area contributed by atoms with Gasteiger partial charge in [0.1, 0.15) is 0 Å². The van der Waals surface area contributed by atoms with E-state index in [1.807, 2.05) is 0 Å². The predicted molar refractivity (Wildman–Crippen MR) is 72.9 cm³/mol. The lowest BCUT2D eigenvalue weighted by Crippen LogP contribution is -2.01. The van der Waals surface area contributed by atoms with Crippen LogP contribution in [-0.4, -0.2) is 11.5 Å². The maximum absolute atomic E-state index is 13.0. The second-order valence-electron chi connectivity index (χ2n) is 3.79. The Morgan fingerprint density at radius 3 is 2.37 bits per heavy atom. The number of thioether (sulfide) groups is 1. The first-order valence-corrected chi connectivity index (χ1v) is 6.79. The van der Waals surface area contributed by atoms with Crippen LogP contribution in [0.25, 0.3) is 0 Å². The molecule has 98 valence electrons. The molecule has 2 rings (SSSR count). The molecule has 0 aliphatic heterocycles. The van der Waals surface area contributed by atoms with Crippen LogP contribution in [0.15, 0.2) is 47.4 Å². The number of ketones is 1. The Kier molecular flexibility index (Phi) is 4.56. The third-order valence-corrected chi connectivity index (χ3v) is 3.67. The van der Waals surface area contributed by atoms with Crippen LogP contribution in [0.4, 0.5) is 8.78 Å². The van der Waals surface area contributed by atoms with Crippen LogP contribution in [0, 0.1) is 11.6 Å². The molecule has 0 aliphatic rings. The van der Waals surface area contributed by atoms with Crippen LogP contribution in [0.5, 0.6) is 0 Å². The van der Waals surface area contributed by atoms with E-state index in [2.05, 4.69) is 0 Å². The summed E-state index contributed by atoms with van der Waals surface area (Å²) >= 11 is 6.89. The summed E-state index contributed by atoms with van der Waals surface area (Å²) in [4.78, 5) is 12.4. The van der Waals surface area contributed by atoms with Gasteiger partial charge in [0.05, 0.1) is 5.75 Å². The Labute approximate surface area is 118 Å². The standard InChI is InChI=1S/C14H9ClF2OS/c15-10-3-1-9(2-4-10)14(18)8-19-11-5-6-12(16)13(17)7-11/h1-7H,8H2. The van der Waals surface area contributed by atoms with Crippen molar-refractivity contribution in [3.63, 3.8) is 0 Å². The molecular weight excluding hydrogens is 290 g/mol. The van der Waals surface area contributed by atoms with Crippen molar-refractivity contribution in [3.8, 4) is 0 Å². The monoisotopic (exact) mass is 298 g/mol. The molecule has 0 unspecified atom stereocenters. The van der Waals surface area contributed by atoms with Crippen molar-refractivity contribution in [1.29, 1.82) is 0 Å². The second-order valence-corrected chi connectivity index (χ2v) is 5.28. The normalized spacial score (nSPS) is 10.5. The number of rotatable bonds is 4. The zero-order valence-corrected chi connectivity index (χ0v) is 11.3. The highest BCUT2D eigenvalue weighted by molar-refractivity contribution is 8.00. The summed E-state index contributed by atoms with van der Waals surface area (Å²) in [6, 6.07) is 10.1. The summed E-state index contributed by atoms with van der Waals surface area (Å²) in [5.41, 5.74) is 0.541. The fourth-order valence-corrected chi connectivity index (χ4v) is 2.38. The minimum Gasteiger partial charge on any atom is -0.293 e. The van der Waals surface area contributed by atoms with Gasteiger partial charge in [-0.05, 0) is 42.5 Å². The molecule has 0 fully saturated rings. The van der Waals surface area contributed by atoms with E-state index in [9.17, 15) is 13.6 Å². The Balaban J connectivity index is 2.00. The second kappa shape index (κ2) is 6.17. The van der Waals surface area contributed by atoms with E-state index in [4.69, 9.17) is 11.6 Å². The highest BCUT2D eigenvalue weighted by atomic mass is 35.5. The Morgan fingerprint density at radius 2 is 1.74 bits per heavy atom. The highest BCUT2D eigenvalue weighted by Gasteiger charge is 2.08. The van der Waals surface area contributed by atoms with Crippen LogP contribution in [0.2, 0.25) is 5.02 Å². The van der Waals surface area contributed by atoms with Crippen molar-refractivity contribution in [2.45, 2.75) is 4.90 Å². The van der Waals surface area contributed by atoms with E-state index in [-0.39, 0.29) is 11.5 Å². The van der Waals surface area contributed by atoms with E-state index in [0.717, 1.165) is 23.9 Å². The van der Waals surface area contributed by atoms with Gasteiger partial charge < -0.3 is 0 Å². The predicted octanol–water partition coefficient (Wildman–Crippen LogP) is 4.59. The average molecular weight is 299 g/mol.